The molecule has 7 rings (SSSR count). The molecular formula is C69H104F10N12O12. The second-order valence-corrected chi connectivity index (χ2v) is 30.4. The highest BCUT2D eigenvalue weighted by molar-refractivity contribution is 6.01. The zero-order valence-electron chi connectivity index (χ0n) is 60.8. The molecule has 0 aromatic heterocycles. The lowest BCUT2D eigenvalue weighted by molar-refractivity contribution is -0.219. The van der Waals surface area contributed by atoms with E-state index in [1.807, 2.05) is 0 Å². The van der Waals surface area contributed by atoms with Crippen LogP contribution in [0.4, 0.5) is 43.9 Å². The molecule has 2 bridgehead atoms. The Kier molecular flexibility index (Phi) is 27.5. The van der Waals surface area contributed by atoms with E-state index in [4.69, 9.17) is 0 Å². The molecule has 34 heteroatoms. The van der Waals surface area contributed by atoms with Gasteiger partial charge in [0, 0.05) is 69.3 Å². The summed E-state index contributed by atoms with van der Waals surface area (Å²) in [6.45, 7) is 1.52. The van der Waals surface area contributed by atoms with E-state index in [1.54, 1.807) is 13.8 Å². The first-order valence-electron chi connectivity index (χ1n) is 36.0. The predicted octanol–water partition coefficient (Wildman–Crippen LogP) is 5.39. The van der Waals surface area contributed by atoms with Gasteiger partial charge in [0.25, 0.3) is 5.92 Å². The number of nitrogens with one attached hydrogen (secondary N) is 3. The highest BCUT2D eigenvalue weighted by Crippen LogP contribution is 2.46. The Morgan fingerprint density at radius 3 is 1.77 bits per heavy atom. The van der Waals surface area contributed by atoms with Gasteiger partial charge in [-0.2, -0.15) is 26.3 Å². The van der Waals surface area contributed by atoms with Crippen molar-refractivity contribution >= 4 is 70.9 Å². The SMILES string of the molecule is CC[C@H](C)[C@@H]1NC(=O)[C@H](C)N(C)C(=O)C[C@@H](C(=O)N(C)C)N(C)C(=O)[C@H](C2CCCC2)N(C)C(=O)C2(CCC2)NC(=O)[C@@H]2CC(F)(F)CN2C(=O)[C@H](CCC2CC(F)C(C(F)(F)F)C(F)C2)NC(=O)CN(C)C(=O)[C@H](CC2CCC(C(F)(F)F)CC2)N2CCCC[C@@H](C2=O)N(C)C(=O)CN(C)C1=O. The number of carbonyl (C=O) groups excluding carboxylic acids is 12. The highest BCUT2D eigenvalue weighted by atomic mass is 19.4. The van der Waals surface area contributed by atoms with Crippen LogP contribution in [0.15, 0.2) is 0 Å². The summed E-state index contributed by atoms with van der Waals surface area (Å²) in [6, 6.07) is -12.5. The number of likely N-dealkylation sites (N-methyl/N-ethyl adjacent to an activating group) is 7. The Morgan fingerprint density at radius 1 is 0.621 bits per heavy atom. The van der Waals surface area contributed by atoms with Crippen LogP contribution in [0.5, 0.6) is 0 Å². The van der Waals surface area contributed by atoms with Crippen molar-refractivity contribution < 1.29 is 101 Å². The standard InChI is InChI=1S/C69H104F10N12O12/c1-12-38(2)55-63(101)85(7)36-53(94)87(9)47-20-15-16-29-90(62(47)100)49(32-40-21-24-43(25-22-40)68(74,75)76)61(99)84(6)35-51(92)80-46(26-23-41-30-44(70)54(45(71)31-41)69(77,78)79)59(97)91-37-67(72,73)34-50(91)58(96)82-66(27-17-28-66)65(103)89(11)56(42-18-13-14-19-42)64(102)88(10)48(60(98)83(4)5)33-52(93)86(8)39(3)57(95)81-55/h38-50,54-56H,12-37H2,1-11H3,(H,80,92)(H,81,95)(H,82,96)/t38-,39-,40?,41?,43?,44?,45?,46-,47-,48-,49-,50-,54?,55-,56-/m0/s1. The van der Waals surface area contributed by atoms with Gasteiger partial charge in [-0.1, -0.05) is 33.1 Å². The Hall–Kier alpha value is -7.06. The van der Waals surface area contributed by atoms with Crippen LogP contribution in [-0.2, 0) is 57.5 Å². The van der Waals surface area contributed by atoms with Gasteiger partial charge in [-0.05, 0) is 140 Å². The second kappa shape index (κ2) is 34.0. The van der Waals surface area contributed by atoms with Crippen LogP contribution in [0.1, 0.15) is 162 Å². The van der Waals surface area contributed by atoms with Crippen molar-refractivity contribution in [2.75, 3.05) is 82.6 Å². The Balaban J connectivity index is 1.29. The van der Waals surface area contributed by atoms with E-state index in [-0.39, 0.29) is 77.2 Å². The van der Waals surface area contributed by atoms with Crippen molar-refractivity contribution in [3.63, 3.8) is 0 Å². The van der Waals surface area contributed by atoms with Crippen LogP contribution < -0.4 is 16.0 Å². The number of hydrogen-bond acceptors (Lipinski definition) is 12. The number of fused-ring (bicyclic) bond motifs is 3. The van der Waals surface area contributed by atoms with Crippen LogP contribution in [0.25, 0.3) is 0 Å². The Morgan fingerprint density at radius 2 is 1.21 bits per heavy atom. The minimum absolute atomic E-state index is 0.0251. The summed E-state index contributed by atoms with van der Waals surface area (Å²) in [7, 11) is 10.3. The predicted molar refractivity (Wildman–Crippen MR) is 352 cm³/mol. The Bertz CT molecular complexity index is 3100. The number of hydrogen-bond donors (Lipinski definition) is 3. The molecule has 582 valence electrons. The molecule has 3 saturated heterocycles. The molecular weight excluding hydrogens is 1380 g/mol. The molecule has 3 aliphatic heterocycles. The van der Waals surface area contributed by atoms with Gasteiger partial charge in [0.05, 0.1) is 32.0 Å². The smallest absolute Gasteiger partial charge is 0.347 e. The fourth-order valence-corrected chi connectivity index (χ4v) is 16.1. The molecule has 11 atom stereocenters. The summed E-state index contributed by atoms with van der Waals surface area (Å²) in [4.78, 5) is 186. The Labute approximate surface area is 595 Å². The maximum atomic E-state index is 16.1. The minimum atomic E-state index is -5.27. The molecule has 7 fully saturated rings. The third-order valence-electron chi connectivity index (χ3n) is 23.1. The molecule has 7 aliphatic rings. The van der Waals surface area contributed by atoms with E-state index in [1.165, 1.54) is 61.2 Å². The molecule has 1 spiro atoms. The molecule has 103 heavy (non-hydrogen) atoms. The summed E-state index contributed by atoms with van der Waals surface area (Å²) < 4.78 is 146. The maximum Gasteiger partial charge on any atom is 0.397 e. The second-order valence-electron chi connectivity index (χ2n) is 30.4. The van der Waals surface area contributed by atoms with Crippen molar-refractivity contribution in [1.29, 1.82) is 0 Å². The van der Waals surface area contributed by atoms with E-state index in [2.05, 4.69) is 16.0 Å². The van der Waals surface area contributed by atoms with Crippen molar-refractivity contribution in [3.8, 4) is 0 Å². The lowest BCUT2D eigenvalue weighted by atomic mass is 9.74. The first-order valence-corrected chi connectivity index (χ1v) is 36.0. The topological polar surface area (TPSA) is 270 Å². The number of alkyl halides is 10. The first-order chi connectivity index (χ1) is 47.9. The molecule has 3 heterocycles. The molecule has 24 nitrogen and oxygen atoms in total. The molecule has 2 unspecified atom stereocenters. The van der Waals surface area contributed by atoms with Gasteiger partial charge in [-0.3, -0.25) is 57.5 Å². The molecule has 4 saturated carbocycles. The molecule has 0 aromatic rings. The number of rotatable bonds is 9. The van der Waals surface area contributed by atoms with E-state index < -0.39 is 249 Å². The summed E-state index contributed by atoms with van der Waals surface area (Å²) in [6.07, 6.45) is -18.2. The average Bonchev–Trinajstić information content (AvgIpc) is 1.74. The zero-order chi connectivity index (χ0) is 76.9. The summed E-state index contributed by atoms with van der Waals surface area (Å²) in [5.74, 6) is -22.6. The summed E-state index contributed by atoms with van der Waals surface area (Å²) in [5.41, 5.74) is -1.90. The number of nitrogens with zero attached hydrogens (tertiary/aromatic N) is 9. The number of carbonyl (C=O) groups is 12. The molecule has 0 aromatic carbocycles. The van der Waals surface area contributed by atoms with Crippen molar-refractivity contribution in [2.45, 2.75) is 247 Å². The number of amides is 12. The number of halogens is 10. The first kappa shape index (κ1) is 83.2. The van der Waals surface area contributed by atoms with Gasteiger partial charge in [-0.25, -0.2) is 17.6 Å². The van der Waals surface area contributed by atoms with Gasteiger partial charge in [-0.15, -0.1) is 0 Å². The van der Waals surface area contributed by atoms with Crippen molar-refractivity contribution in [2.24, 2.45) is 35.5 Å². The van der Waals surface area contributed by atoms with E-state index in [0.29, 0.717) is 37.0 Å². The van der Waals surface area contributed by atoms with E-state index in [9.17, 15) is 59.9 Å². The van der Waals surface area contributed by atoms with Crippen molar-refractivity contribution in [1.82, 2.24) is 60.0 Å². The van der Waals surface area contributed by atoms with Gasteiger partial charge in [0.15, 0.2) is 0 Å². The van der Waals surface area contributed by atoms with Crippen LogP contribution in [0.3, 0.4) is 0 Å². The average molecular weight is 1480 g/mol. The fourth-order valence-electron chi connectivity index (χ4n) is 16.1. The third kappa shape index (κ3) is 19.5. The molecule has 3 N–H and O–H groups in total. The lowest BCUT2D eigenvalue weighted by Gasteiger charge is -2.46. The highest BCUT2D eigenvalue weighted by Gasteiger charge is 2.58. The quantitative estimate of drug-likeness (QED) is 0.245. The van der Waals surface area contributed by atoms with E-state index in [0.717, 1.165) is 41.3 Å². The summed E-state index contributed by atoms with van der Waals surface area (Å²) >= 11 is 0. The maximum absolute atomic E-state index is 16.1. The van der Waals surface area contributed by atoms with Crippen molar-refractivity contribution in [3.05, 3.63) is 0 Å². The van der Waals surface area contributed by atoms with Gasteiger partial charge < -0.3 is 60.0 Å². The molecule has 0 radical (unpaired) electrons. The van der Waals surface area contributed by atoms with Crippen LogP contribution in [-0.4, -0.2) is 282 Å². The van der Waals surface area contributed by atoms with E-state index >= 15 is 41.5 Å². The normalized spacial score (nSPS) is 32.4. The van der Waals surface area contributed by atoms with Gasteiger partial charge in [0.1, 0.15) is 72.1 Å². The van der Waals surface area contributed by atoms with Crippen LogP contribution in [0, 0.1) is 35.5 Å². The van der Waals surface area contributed by atoms with Crippen LogP contribution in [0.2, 0.25) is 0 Å². The largest absolute Gasteiger partial charge is 0.397 e. The van der Waals surface area contributed by atoms with Gasteiger partial charge >= 0.3 is 12.4 Å². The molecule has 4 aliphatic carbocycles. The van der Waals surface area contributed by atoms with Crippen LogP contribution >= 0.6 is 0 Å². The minimum Gasteiger partial charge on any atom is -0.347 e. The monoisotopic (exact) mass is 1480 g/mol. The fraction of sp³-hybridized carbons (Fsp3) is 0.826. The zero-order valence-corrected chi connectivity index (χ0v) is 60.8. The van der Waals surface area contributed by atoms with Gasteiger partial charge in [0.2, 0.25) is 70.9 Å². The third-order valence-corrected chi connectivity index (χ3v) is 23.1. The molecule has 12 amide bonds. The lowest BCUT2D eigenvalue weighted by Crippen LogP contribution is -2.68. The summed E-state index contributed by atoms with van der Waals surface area (Å²) in [5, 5.41) is 7.72.